The highest BCUT2D eigenvalue weighted by atomic mass is 16.5. The topological polar surface area (TPSA) is 112 Å². The number of benzene rings is 1. The van der Waals surface area contributed by atoms with Crippen LogP contribution < -0.4 is 5.32 Å². The second kappa shape index (κ2) is 9.59. The first-order chi connectivity index (χ1) is 15.2. The van der Waals surface area contributed by atoms with Gasteiger partial charge in [-0.3, -0.25) is 4.79 Å². The van der Waals surface area contributed by atoms with E-state index in [-0.39, 0.29) is 12.0 Å². The van der Waals surface area contributed by atoms with Crippen molar-refractivity contribution in [2.75, 3.05) is 19.0 Å². The lowest BCUT2D eigenvalue weighted by atomic mass is 10.1. The Hall–Kier alpha value is -3.75. The van der Waals surface area contributed by atoms with Crippen LogP contribution in [0.25, 0.3) is 11.0 Å². The van der Waals surface area contributed by atoms with Gasteiger partial charge in [-0.1, -0.05) is 13.8 Å². The number of amides is 1. The average molecular weight is 438 g/mol. The molecule has 0 aliphatic heterocycles. The molecule has 0 radical (unpaired) electrons. The summed E-state index contributed by atoms with van der Waals surface area (Å²) >= 11 is 0. The Morgan fingerprint density at radius 1 is 1.06 bits per heavy atom. The van der Waals surface area contributed by atoms with Gasteiger partial charge in [0.05, 0.1) is 29.8 Å². The Bertz CT molecular complexity index is 1150. The molecule has 0 aliphatic rings. The number of hydrogen-bond donors (Lipinski definition) is 1. The lowest BCUT2D eigenvalue weighted by Crippen LogP contribution is -2.21. The molecule has 3 aromatic rings. The molecule has 0 saturated heterocycles. The van der Waals surface area contributed by atoms with Crippen LogP contribution in [0, 0.1) is 0 Å². The van der Waals surface area contributed by atoms with Gasteiger partial charge in [0.1, 0.15) is 0 Å². The second-order valence-corrected chi connectivity index (χ2v) is 7.86. The summed E-state index contributed by atoms with van der Waals surface area (Å²) in [6.07, 6.45) is 1.59. The van der Waals surface area contributed by atoms with E-state index in [4.69, 9.17) is 4.74 Å². The zero-order valence-corrected chi connectivity index (χ0v) is 18.7. The number of nitrogens with one attached hydrogen (secondary N) is 1. The lowest BCUT2D eigenvalue weighted by Gasteiger charge is -2.12. The van der Waals surface area contributed by atoms with Gasteiger partial charge in [0.25, 0.3) is 5.91 Å². The molecule has 0 saturated carbocycles. The zero-order valence-electron chi connectivity index (χ0n) is 18.7. The Morgan fingerprint density at radius 2 is 1.75 bits per heavy atom. The molecule has 168 valence electrons. The van der Waals surface area contributed by atoms with E-state index < -0.39 is 24.5 Å². The van der Waals surface area contributed by atoms with Gasteiger partial charge in [0.15, 0.2) is 12.3 Å². The molecule has 3 rings (SSSR count). The third-order valence-electron chi connectivity index (χ3n) is 4.81. The first-order valence-corrected chi connectivity index (χ1v) is 10.2. The molecule has 0 spiro atoms. The van der Waals surface area contributed by atoms with E-state index in [0.29, 0.717) is 27.8 Å². The second-order valence-electron chi connectivity index (χ2n) is 7.86. The minimum absolute atomic E-state index is 0.0719. The number of ether oxygens (including phenoxy) is 2. The maximum atomic E-state index is 12.8. The maximum Gasteiger partial charge on any atom is 0.339 e. The first-order valence-electron chi connectivity index (χ1n) is 10.2. The Labute approximate surface area is 185 Å². The van der Waals surface area contributed by atoms with Crippen LogP contribution in [0.3, 0.4) is 0 Å². The Balaban J connectivity index is 1.73. The molecule has 0 aliphatic carbocycles. The van der Waals surface area contributed by atoms with E-state index in [1.807, 2.05) is 27.7 Å². The van der Waals surface area contributed by atoms with Crippen LogP contribution >= 0.6 is 0 Å². The maximum absolute atomic E-state index is 12.8. The minimum Gasteiger partial charge on any atom is -0.465 e. The molecule has 0 bridgehead atoms. The summed E-state index contributed by atoms with van der Waals surface area (Å²) in [6, 6.07) is 7.94. The Kier molecular flexibility index (Phi) is 6.87. The number of anilines is 1. The summed E-state index contributed by atoms with van der Waals surface area (Å²) in [6.45, 7) is 7.47. The van der Waals surface area contributed by atoms with Gasteiger partial charge in [0.2, 0.25) is 0 Å². The molecule has 1 aromatic carbocycles. The van der Waals surface area contributed by atoms with Crippen molar-refractivity contribution in [2.45, 2.75) is 39.7 Å². The van der Waals surface area contributed by atoms with Crippen LogP contribution in [-0.4, -0.2) is 46.3 Å². The predicted octanol–water partition coefficient (Wildman–Crippen LogP) is 3.72. The van der Waals surface area contributed by atoms with E-state index in [2.05, 4.69) is 20.1 Å². The van der Waals surface area contributed by atoms with Crippen molar-refractivity contribution in [1.82, 2.24) is 14.8 Å². The van der Waals surface area contributed by atoms with Crippen LogP contribution in [0.1, 0.15) is 66.1 Å². The molecule has 2 heterocycles. The third-order valence-corrected chi connectivity index (χ3v) is 4.81. The molecule has 1 N–H and O–H groups in total. The number of pyridine rings is 1. The fourth-order valence-corrected chi connectivity index (χ4v) is 3.09. The van der Waals surface area contributed by atoms with Crippen molar-refractivity contribution in [2.24, 2.45) is 0 Å². The largest absolute Gasteiger partial charge is 0.465 e. The molecule has 9 nitrogen and oxygen atoms in total. The van der Waals surface area contributed by atoms with Gasteiger partial charge in [-0.15, -0.1) is 0 Å². The van der Waals surface area contributed by atoms with Crippen molar-refractivity contribution < 1.29 is 23.9 Å². The van der Waals surface area contributed by atoms with E-state index in [1.165, 1.54) is 19.2 Å². The number of aromatic nitrogens is 3. The number of esters is 2. The summed E-state index contributed by atoms with van der Waals surface area (Å²) in [7, 11) is 1.29. The van der Waals surface area contributed by atoms with E-state index in [0.717, 1.165) is 5.69 Å². The highest BCUT2D eigenvalue weighted by molar-refractivity contribution is 6.04. The van der Waals surface area contributed by atoms with Crippen molar-refractivity contribution in [3.8, 4) is 0 Å². The molecule has 0 fully saturated rings. The molecule has 2 aromatic heterocycles. The van der Waals surface area contributed by atoms with Crippen LogP contribution in [0.4, 0.5) is 5.69 Å². The van der Waals surface area contributed by atoms with Gasteiger partial charge >= 0.3 is 11.9 Å². The number of carbonyl (C=O) groups is 3. The number of carbonyl (C=O) groups excluding carboxylic acids is 3. The van der Waals surface area contributed by atoms with Crippen molar-refractivity contribution in [1.29, 1.82) is 0 Å². The zero-order chi connectivity index (χ0) is 23.4. The Morgan fingerprint density at radius 3 is 2.34 bits per heavy atom. The van der Waals surface area contributed by atoms with Gasteiger partial charge in [-0.2, -0.15) is 5.10 Å². The van der Waals surface area contributed by atoms with Gasteiger partial charge in [-0.25, -0.2) is 19.3 Å². The summed E-state index contributed by atoms with van der Waals surface area (Å²) in [4.78, 5) is 41.2. The fraction of sp³-hybridized carbons (Fsp3) is 0.348. The van der Waals surface area contributed by atoms with Crippen molar-refractivity contribution in [3.05, 3.63) is 53.3 Å². The minimum atomic E-state index is -0.626. The van der Waals surface area contributed by atoms with Crippen LogP contribution in [0.2, 0.25) is 0 Å². The predicted molar refractivity (Wildman–Crippen MR) is 119 cm³/mol. The molecule has 0 unspecified atom stereocenters. The van der Waals surface area contributed by atoms with Gasteiger partial charge in [0, 0.05) is 17.4 Å². The summed E-state index contributed by atoms with van der Waals surface area (Å²) in [5, 5.41) is 7.55. The molecule has 0 atom stereocenters. The monoisotopic (exact) mass is 438 g/mol. The average Bonchev–Trinajstić information content (AvgIpc) is 3.21. The number of fused-ring (bicyclic) bond motifs is 1. The third kappa shape index (κ3) is 4.93. The van der Waals surface area contributed by atoms with Gasteiger partial charge in [-0.05, 0) is 50.1 Å². The number of rotatable bonds is 7. The quantitative estimate of drug-likeness (QED) is 0.560. The van der Waals surface area contributed by atoms with Crippen LogP contribution in [-0.2, 0) is 14.3 Å². The van der Waals surface area contributed by atoms with E-state index in [1.54, 1.807) is 29.1 Å². The fourth-order valence-electron chi connectivity index (χ4n) is 3.09. The summed E-state index contributed by atoms with van der Waals surface area (Å²) < 4.78 is 11.7. The summed E-state index contributed by atoms with van der Waals surface area (Å²) in [5.41, 5.74) is 2.49. The highest BCUT2D eigenvalue weighted by Crippen LogP contribution is 2.25. The van der Waals surface area contributed by atoms with Crippen LogP contribution in [0.15, 0.2) is 36.5 Å². The standard InChI is InChI=1S/C23H26N4O5/c1-13(2)19-10-17(18-11-24-27(14(3)4)21(18)26-19)23(30)32-12-20(28)25-16-8-6-15(7-9-16)22(29)31-5/h6-11,13-14H,12H2,1-5H3,(H,25,28). The van der Waals surface area contributed by atoms with Gasteiger partial charge < -0.3 is 14.8 Å². The lowest BCUT2D eigenvalue weighted by molar-refractivity contribution is -0.119. The summed E-state index contributed by atoms with van der Waals surface area (Å²) in [5.74, 6) is -1.50. The first kappa shape index (κ1) is 22.9. The van der Waals surface area contributed by atoms with Crippen LogP contribution in [0.5, 0.6) is 0 Å². The normalized spacial score (nSPS) is 11.1. The molecule has 32 heavy (non-hydrogen) atoms. The SMILES string of the molecule is COC(=O)c1ccc(NC(=O)COC(=O)c2cc(C(C)C)nc3c2cnn3C(C)C)cc1. The molecular weight excluding hydrogens is 412 g/mol. The molecular formula is C23H26N4O5. The number of hydrogen-bond acceptors (Lipinski definition) is 7. The molecule has 9 heteroatoms. The number of nitrogens with zero attached hydrogens (tertiary/aromatic N) is 3. The van der Waals surface area contributed by atoms with E-state index in [9.17, 15) is 14.4 Å². The smallest absolute Gasteiger partial charge is 0.339 e. The number of methoxy groups -OCH3 is 1. The van der Waals surface area contributed by atoms with Crippen molar-refractivity contribution in [3.63, 3.8) is 0 Å². The molecule has 1 amide bonds. The van der Waals surface area contributed by atoms with E-state index >= 15 is 0 Å². The van der Waals surface area contributed by atoms with Crippen molar-refractivity contribution >= 4 is 34.6 Å². The highest BCUT2D eigenvalue weighted by Gasteiger charge is 2.20.